The van der Waals surface area contributed by atoms with Crippen molar-refractivity contribution in [3.8, 4) is 0 Å². The van der Waals surface area contributed by atoms with E-state index < -0.39 is 0 Å². The normalized spacial score (nSPS) is 11.2. The third-order valence-corrected chi connectivity index (χ3v) is 5.02. The fourth-order valence-electron chi connectivity index (χ4n) is 2.87. The summed E-state index contributed by atoms with van der Waals surface area (Å²) in [6.07, 6.45) is 0. The molecule has 0 amide bonds. The molecule has 0 aliphatic heterocycles. The minimum Gasteiger partial charge on any atom is -0.265 e. The molecule has 0 saturated carbocycles. The zero-order chi connectivity index (χ0) is 16.6. The Balaban J connectivity index is 1.89. The predicted octanol–water partition coefficient (Wildman–Crippen LogP) is 4.17. The summed E-state index contributed by atoms with van der Waals surface area (Å²) in [5.41, 5.74) is 6.93. The lowest BCUT2D eigenvalue weighted by Crippen LogP contribution is -2.08. The van der Waals surface area contributed by atoms with Crippen molar-refractivity contribution in [1.29, 1.82) is 0 Å². The average molecular weight is 373 g/mol. The topological polar surface area (TPSA) is 35.6 Å². The monoisotopic (exact) mass is 372 g/mol. The minimum atomic E-state index is 0.769. The minimum absolute atomic E-state index is 0.769. The van der Waals surface area contributed by atoms with E-state index in [9.17, 15) is 0 Å². The number of aryl methyl sites for hydroxylation is 4. The van der Waals surface area contributed by atoms with Gasteiger partial charge in [-0.25, -0.2) is 0 Å². The van der Waals surface area contributed by atoms with Gasteiger partial charge in [0.15, 0.2) is 0 Å². The lowest BCUT2D eigenvalue weighted by molar-refractivity contribution is 0.644. The van der Waals surface area contributed by atoms with Crippen molar-refractivity contribution in [2.75, 3.05) is 0 Å². The summed E-state index contributed by atoms with van der Waals surface area (Å²) >= 11 is 3.78. The predicted molar refractivity (Wildman–Crippen MR) is 95.7 cm³/mol. The van der Waals surface area contributed by atoms with E-state index in [1.165, 1.54) is 22.5 Å². The van der Waals surface area contributed by atoms with Crippen LogP contribution in [0.1, 0.15) is 33.9 Å². The first-order chi connectivity index (χ1) is 10.9. The highest BCUT2D eigenvalue weighted by atomic mass is 79.9. The van der Waals surface area contributed by atoms with Crippen LogP contribution in [-0.4, -0.2) is 19.6 Å². The van der Waals surface area contributed by atoms with Crippen LogP contribution in [0.3, 0.4) is 0 Å². The van der Waals surface area contributed by atoms with Crippen molar-refractivity contribution in [2.24, 2.45) is 0 Å². The molecule has 0 saturated heterocycles. The van der Waals surface area contributed by atoms with E-state index in [2.05, 4.69) is 70.3 Å². The SMILES string of the molecule is Cc1cc(C)n(Cc2cccc(Cn3nc(C)cc3C)c2Br)n1. The average Bonchev–Trinajstić information content (AvgIpc) is 2.96. The van der Waals surface area contributed by atoms with Gasteiger partial charge >= 0.3 is 0 Å². The molecule has 3 aromatic rings. The van der Waals surface area contributed by atoms with E-state index in [0.29, 0.717) is 0 Å². The van der Waals surface area contributed by atoms with Crippen molar-refractivity contribution >= 4 is 15.9 Å². The van der Waals surface area contributed by atoms with Gasteiger partial charge in [0.05, 0.1) is 24.5 Å². The zero-order valence-electron chi connectivity index (χ0n) is 14.0. The molecule has 3 rings (SSSR count). The van der Waals surface area contributed by atoms with Crippen LogP contribution >= 0.6 is 15.9 Å². The van der Waals surface area contributed by atoms with Crippen molar-refractivity contribution in [1.82, 2.24) is 19.6 Å². The molecule has 2 aromatic heterocycles. The second-order valence-electron chi connectivity index (χ2n) is 6.06. The van der Waals surface area contributed by atoms with Gasteiger partial charge < -0.3 is 0 Å². The Bertz CT molecular complexity index is 778. The van der Waals surface area contributed by atoms with E-state index in [0.717, 1.165) is 29.0 Å². The van der Waals surface area contributed by atoms with Crippen molar-refractivity contribution in [3.05, 3.63) is 68.7 Å². The maximum atomic E-state index is 4.56. The van der Waals surface area contributed by atoms with E-state index >= 15 is 0 Å². The highest BCUT2D eigenvalue weighted by molar-refractivity contribution is 9.10. The largest absolute Gasteiger partial charge is 0.265 e. The Morgan fingerprint density at radius 1 is 0.826 bits per heavy atom. The molecule has 0 unspecified atom stereocenters. The molecule has 4 nitrogen and oxygen atoms in total. The summed E-state index contributed by atoms with van der Waals surface area (Å²) in [7, 11) is 0. The fraction of sp³-hybridized carbons (Fsp3) is 0.333. The van der Waals surface area contributed by atoms with Gasteiger partial charge in [-0.3, -0.25) is 9.36 Å². The molecule has 0 atom stereocenters. The van der Waals surface area contributed by atoms with Crippen LogP contribution < -0.4 is 0 Å². The Morgan fingerprint density at radius 3 is 1.61 bits per heavy atom. The lowest BCUT2D eigenvalue weighted by Gasteiger charge is -2.12. The molecule has 5 heteroatoms. The molecule has 2 heterocycles. The molecule has 0 aliphatic carbocycles. The lowest BCUT2D eigenvalue weighted by atomic mass is 10.1. The number of benzene rings is 1. The second-order valence-corrected chi connectivity index (χ2v) is 6.85. The van der Waals surface area contributed by atoms with Gasteiger partial charge in [-0.05, 0) is 51.0 Å². The molecular weight excluding hydrogens is 352 g/mol. The number of hydrogen-bond acceptors (Lipinski definition) is 2. The van der Waals surface area contributed by atoms with E-state index in [1.807, 2.05) is 23.2 Å². The van der Waals surface area contributed by atoms with Crippen LogP contribution in [0.15, 0.2) is 34.8 Å². The van der Waals surface area contributed by atoms with Gasteiger partial charge in [0.2, 0.25) is 0 Å². The van der Waals surface area contributed by atoms with Crippen LogP contribution in [0, 0.1) is 27.7 Å². The number of nitrogens with zero attached hydrogens (tertiary/aromatic N) is 4. The molecule has 0 radical (unpaired) electrons. The first-order valence-electron chi connectivity index (χ1n) is 7.72. The highest BCUT2D eigenvalue weighted by Crippen LogP contribution is 2.24. The van der Waals surface area contributed by atoms with Crippen molar-refractivity contribution < 1.29 is 0 Å². The van der Waals surface area contributed by atoms with E-state index in [-0.39, 0.29) is 0 Å². The van der Waals surface area contributed by atoms with Gasteiger partial charge in [0.1, 0.15) is 0 Å². The van der Waals surface area contributed by atoms with Gasteiger partial charge in [0.25, 0.3) is 0 Å². The van der Waals surface area contributed by atoms with Crippen LogP contribution in [0.2, 0.25) is 0 Å². The maximum Gasteiger partial charge on any atom is 0.0673 e. The summed E-state index contributed by atoms with van der Waals surface area (Å²) in [6, 6.07) is 10.6. The smallest absolute Gasteiger partial charge is 0.0673 e. The molecule has 120 valence electrons. The Hall–Kier alpha value is -1.88. The highest BCUT2D eigenvalue weighted by Gasteiger charge is 2.10. The van der Waals surface area contributed by atoms with E-state index in [4.69, 9.17) is 0 Å². The van der Waals surface area contributed by atoms with Crippen molar-refractivity contribution in [3.63, 3.8) is 0 Å². The van der Waals surface area contributed by atoms with Crippen LogP contribution in [0.25, 0.3) is 0 Å². The Kier molecular flexibility index (Phi) is 4.39. The number of aromatic nitrogens is 4. The first-order valence-corrected chi connectivity index (χ1v) is 8.51. The molecular formula is C18H21BrN4. The second kappa shape index (κ2) is 6.32. The van der Waals surface area contributed by atoms with Gasteiger partial charge in [-0.2, -0.15) is 10.2 Å². The standard InChI is InChI=1S/C18H21BrN4/c1-12-8-14(3)22(20-12)10-16-6-5-7-17(18(16)19)11-23-15(4)9-13(2)21-23/h5-9H,10-11H2,1-4H3. The quantitative estimate of drug-likeness (QED) is 0.688. The van der Waals surface area contributed by atoms with Gasteiger partial charge in [-0.15, -0.1) is 0 Å². The third-order valence-electron chi connectivity index (χ3n) is 4.01. The van der Waals surface area contributed by atoms with Crippen LogP contribution in [-0.2, 0) is 13.1 Å². The van der Waals surface area contributed by atoms with Crippen LogP contribution in [0.5, 0.6) is 0 Å². The number of rotatable bonds is 4. The van der Waals surface area contributed by atoms with Gasteiger partial charge in [-0.1, -0.05) is 34.1 Å². The Morgan fingerprint density at radius 2 is 1.26 bits per heavy atom. The molecule has 0 fully saturated rings. The molecule has 1 aromatic carbocycles. The summed E-state index contributed by atoms with van der Waals surface area (Å²) in [5, 5.41) is 9.11. The first kappa shape index (κ1) is 16.0. The number of halogens is 1. The summed E-state index contributed by atoms with van der Waals surface area (Å²) in [6.45, 7) is 9.77. The summed E-state index contributed by atoms with van der Waals surface area (Å²) in [5.74, 6) is 0. The van der Waals surface area contributed by atoms with Crippen LogP contribution in [0.4, 0.5) is 0 Å². The van der Waals surface area contributed by atoms with E-state index in [1.54, 1.807) is 0 Å². The summed E-state index contributed by atoms with van der Waals surface area (Å²) in [4.78, 5) is 0. The maximum absolute atomic E-state index is 4.56. The molecule has 0 aliphatic rings. The number of hydrogen-bond donors (Lipinski definition) is 0. The fourth-order valence-corrected chi connectivity index (χ4v) is 3.39. The zero-order valence-corrected chi connectivity index (χ0v) is 15.6. The van der Waals surface area contributed by atoms with Gasteiger partial charge in [0, 0.05) is 15.9 Å². The van der Waals surface area contributed by atoms with Crippen molar-refractivity contribution in [2.45, 2.75) is 40.8 Å². The molecule has 23 heavy (non-hydrogen) atoms. The molecule has 0 spiro atoms. The molecule has 0 N–H and O–H groups in total. The third kappa shape index (κ3) is 3.39. The molecule has 0 bridgehead atoms. The summed E-state index contributed by atoms with van der Waals surface area (Å²) < 4.78 is 5.23. The Labute approximate surface area is 145 Å².